The predicted molar refractivity (Wildman–Crippen MR) is 122 cm³/mol. The predicted octanol–water partition coefficient (Wildman–Crippen LogP) is 6.25. The average molecular weight is 410 g/mol. The van der Waals surface area contributed by atoms with Crippen molar-refractivity contribution in [2.75, 3.05) is 5.75 Å². The van der Waals surface area contributed by atoms with Crippen molar-refractivity contribution in [1.29, 1.82) is 0 Å². The molecule has 2 aromatic rings. The Hall–Kier alpha value is -2.07. The maximum Gasteiger partial charge on any atom is 0.167 e. The Morgan fingerprint density at radius 1 is 1.07 bits per heavy atom. The van der Waals surface area contributed by atoms with Gasteiger partial charge in [-0.1, -0.05) is 37.6 Å². The second-order valence-electron chi connectivity index (χ2n) is 8.00. The molecule has 1 aromatic carbocycles. The van der Waals surface area contributed by atoms with Gasteiger partial charge in [0.1, 0.15) is 5.76 Å². The number of rotatable bonds is 7. The average Bonchev–Trinajstić information content (AvgIpc) is 2.69. The van der Waals surface area contributed by atoms with E-state index in [0.717, 1.165) is 52.3 Å². The summed E-state index contributed by atoms with van der Waals surface area (Å²) >= 11 is 1.72. The number of allylic oxidation sites excluding steroid dienone is 2. The van der Waals surface area contributed by atoms with E-state index >= 15 is 0 Å². The number of pyridine rings is 1. The van der Waals surface area contributed by atoms with E-state index in [1.54, 1.807) is 11.8 Å². The summed E-state index contributed by atoms with van der Waals surface area (Å²) in [7, 11) is 0. The fourth-order valence-corrected chi connectivity index (χ4v) is 5.10. The van der Waals surface area contributed by atoms with E-state index in [-0.39, 0.29) is 17.5 Å². The van der Waals surface area contributed by atoms with E-state index < -0.39 is 0 Å². The van der Waals surface area contributed by atoms with E-state index in [0.29, 0.717) is 18.4 Å². The topological polar surface area (TPSA) is 50.2 Å². The van der Waals surface area contributed by atoms with Gasteiger partial charge >= 0.3 is 0 Å². The lowest BCUT2D eigenvalue weighted by Gasteiger charge is -2.26. The van der Waals surface area contributed by atoms with Crippen LogP contribution in [0.25, 0.3) is 5.57 Å². The molecule has 0 aliphatic heterocycles. The van der Waals surface area contributed by atoms with E-state index in [9.17, 15) is 9.90 Å². The van der Waals surface area contributed by atoms with Crippen molar-refractivity contribution in [2.45, 2.75) is 64.8 Å². The summed E-state index contributed by atoms with van der Waals surface area (Å²) in [5.74, 6) is 1.47. The summed E-state index contributed by atoms with van der Waals surface area (Å²) in [5.41, 5.74) is 6.25. The zero-order valence-corrected chi connectivity index (χ0v) is 18.7. The standard InChI is InChI=1S/C25H31NO2S/c1-5-19-11-17(4)12-20(6-2)24(19)25-21(27)13-18(14-22(25)28)9-10-29-23-8-7-16(3)15-26-23/h7-8,11-12,15,18,27H,5-6,9-10,13-14H2,1-4H3. The lowest BCUT2D eigenvalue weighted by atomic mass is 9.79. The van der Waals surface area contributed by atoms with Crippen LogP contribution in [0.3, 0.4) is 0 Å². The number of Topliss-reactive ketones (excluding diaryl/α,β-unsaturated/α-hetero) is 1. The fourth-order valence-electron chi connectivity index (χ4n) is 4.15. The number of aliphatic hydroxyl groups excluding tert-OH is 1. The molecule has 4 heteroatoms. The molecular formula is C25H31NO2S. The molecule has 0 bridgehead atoms. The van der Waals surface area contributed by atoms with Gasteiger partial charge in [0.05, 0.1) is 10.6 Å². The molecule has 0 saturated heterocycles. The van der Waals surface area contributed by atoms with Crippen molar-refractivity contribution in [3.63, 3.8) is 0 Å². The Morgan fingerprint density at radius 3 is 2.31 bits per heavy atom. The molecule has 0 saturated carbocycles. The van der Waals surface area contributed by atoms with Crippen molar-refractivity contribution >= 4 is 23.1 Å². The Morgan fingerprint density at radius 2 is 1.76 bits per heavy atom. The van der Waals surface area contributed by atoms with Crippen molar-refractivity contribution < 1.29 is 9.90 Å². The van der Waals surface area contributed by atoms with Gasteiger partial charge in [-0.05, 0) is 73.1 Å². The number of hydrogen-bond donors (Lipinski definition) is 1. The van der Waals surface area contributed by atoms with E-state index in [2.05, 4.69) is 44.0 Å². The Kier molecular flexibility index (Phi) is 7.18. The van der Waals surface area contributed by atoms with Crippen LogP contribution in [-0.2, 0) is 17.6 Å². The van der Waals surface area contributed by atoms with Crippen LogP contribution < -0.4 is 0 Å². The van der Waals surface area contributed by atoms with Gasteiger partial charge in [0.15, 0.2) is 5.78 Å². The highest BCUT2D eigenvalue weighted by Crippen LogP contribution is 2.37. The first-order valence-electron chi connectivity index (χ1n) is 10.6. The van der Waals surface area contributed by atoms with Crippen LogP contribution in [0.4, 0.5) is 0 Å². The summed E-state index contributed by atoms with van der Waals surface area (Å²) in [5, 5.41) is 11.9. The number of ketones is 1. The molecular weight excluding hydrogens is 378 g/mol. The number of hydrogen-bond acceptors (Lipinski definition) is 4. The van der Waals surface area contributed by atoms with Crippen molar-refractivity contribution in [3.8, 4) is 0 Å². The molecule has 0 radical (unpaired) electrons. The second-order valence-corrected chi connectivity index (χ2v) is 9.11. The molecule has 1 aliphatic rings. The quantitative estimate of drug-likeness (QED) is 0.549. The summed E-state index contributed by atoms with van der Waals surface area (Å²) in [6, 6.07) is 8.41. The molecule has 1 heterocycles. The SMILES string of the molecule is CCc1cc(C)cc(CC)c1C1=C(O)CC(CCSc2ccc(C)cn2)CC1=O. The lowest BCUT2D eigenvalue weighted by Crippen LogP contribution is -2.21. The molecule has 154 valence electrons. The fraction of sp³-hybridized carbons (Fsp3) is 0.440. The normalized spacial score (nSPS) is 17.1. The van der Waals surface area contributed by atoms with Crippen LogP contribution in [0, 0.1) is 19.8 Å². The van der Waals surface area contributed by atoms with Gasteiger partial charge in [0.2, 0.25) is 0 Å². The molecule has 1 aromatic heterocycles. The third kappa shape index (κ3) is 5.11. The summed E-state index contributed by atoms with van der Waals surface area (Å²) in [6.07, 6.45) is 5.60. The van der Waals surface area contributed by atoms with Gasteiger partial charge < -0.3 is 5.11 Å². The van der Waals surface area contributed by atoms with Gasteiger partial charge in [0, 0.05) is 19.0 Å². The molecule has 1 aliphatic carbocycles. The van der Waals surface area contributed by atoms with Crippen LogP contribution in [0.2, 0.25) is 0 Å². The highest BCUT2D eigenvalue weighted by Gasteiger charge is 2.30. The second kappa shape index (κ2) is 9.62. The van der Waals surface area contributed by atoms with Crippen LogP contribution in [-0.4, -0.2) is 21.6 Å². The molecule has 1 unspecified atom stereocenters. The minimum Gasteiger partial charge on any atom is -0.512 e. The first-order valence-corrected chi connectivity index (χ1v) is 11.5. The molecule has 3 rings (SSSR count). The maximum absolute atomic E-state index is 13.1. The summed E-state index contributed by atoms with van der Waals surface area (Å²) in [6.45, 7) is 8.35. The Balaban J connectivity index is 1.75. The molecule has 29 heavy (non-hydrogen) atoms. The third-order valence-corrected chi connectivity index (χ3v) is 6.62. The molecule has 0 amide bonds. The third-order valence-electron chi connectivity index (χ3n) is 5.64. The van der Waals surface area contributed by atoms with Crippen LogP contribution in [0.15, 0.2) is 41.2 Å². The lowest BCUT2D eigenvalue weighted by molar-refractivity contribution is -0.115. The van der Waals surface area contributed by atoms with Crippen LogP contribution in [0.5, 0.6) is 0 Å². The minimum absolute atomic E-state index is 0.0884. The van der Waals surface area contributed by atoms with E-state index in [1.165, 1.54) is 5.56 Å². The Bertz CT molecular complexity index is 890. The Labute approximate surface area is 178 Å². The molecule has 1 atom stereocenters. The van der Waals surface area contributed by atoms with Crippen LogP contribution in [0.1, 0.15) is 60.9 Å². The number of carbonyl (C=O) groups is 1. The van der Waals surface area contributed by atoms with Crippen molar-refractivity contribution in [2.24, 2.45) is 5.92 Å². The van der Waals surface area contributed by atoms with E-state index in [1.807, 2.05) is 19.2 Å². The number of aliphatic hydroxyl groups is 1. The van der Waals surface area contributed by atoms with E-state index in [4.69, 9.17) is 0 Å². The van der Waals surface area contributed by atoms with Gasteiger partial charge in [-0.2, -0.15) is 0 Å². The number of carbonyl (C=O) groups excluding carboxylic acids is 1. The number of benzene rings is 1. The molecule has 3 nitrogen and oxygen atoms in total. The van der Waals surface area contributed by atoms with Crippen molar-refractivity contribution in [3.05, 3.63) is 64.0 Å². The number of aryl methyl sites for hydroxylation is 4. The van der Waals surface area contributed by atoms with Gasteiger partial charge in [-0.3, -0.25) is 4.79 Å². The highest BCUT2D eigenvalue weighted by atomic mass is 32.2. The van der Waals surface area contributed by atoms with Crippen molar-refractivity contribution in [1.82, 2.24) is 4.98 Å². The largest absolute Gasteiger partial charge is 0.512 e. The molecule has 1 N–H and O–H groups in total. The number of aromatic nitrogens is 1. The summed E-state index contributed by atoms with van der Waals surface area (Å²) in [4.78, 5) is 17.5. The number of nitrogens with zero attached hydrogens (tertiary/aromatic N) is 1. The molecule has 0 spiro atoms. The zero-order valence-electron chi connectivity index (χ0n) is 17.9. The highest BCUT2D eigenvalue weighted by molar-refractivity contribution is 7.99. The first-order chi connectivity index (χ1) is 13.9. The zero-order chi connectivity index (χ0) is 21.0. The van der Waals surface area contributed by atoms with Gasteiger partial charge in [-0.25, -0.2) is 4.98 Å². The maximum atomic E-state index is 13.1. The minimum atomic E-state index is 0.0884. The molecule has 0 fully saturated rings. The smallest absolute Gasteiger partial charge is 0.167 e. The van der Waals surface area contributed by atoms with Gasteiger partial charge in [0.25, 0.3) is 0 Å². The van der Waals surface area contributed by atoms with Crippen LogP contribution >= 0.6 is 11.8 Å². The van der Waals surface area contributed by atoms with Gasteiger partial charge in [-0.15, -0.1) is 11.8 Å². The first kappa shape index (κ1) is 21.6. The summed E-state index contributed by atoms with van der Waals surface area (Å²) < 4.78 is 0. The monoisotopic (exact) mass is 409 g/mol. The number of thioether (sulfide) groups is 1.